The predicted octanol–water partition coefficient (Wildman–Crippen LogP) is 4.42. The molecule has 0 radical (unpaired) electrons. The van der Waals surface area contributed by atoms with Crippen molar-refractivity contribution >= 4 is 23.8 Å². The number of benzene rings is 1. The molecule has 1 unspecified atom stereocenters. The monoisotopic (exact) mass is 306 g/mol. The maximum atomic E-state index is 5.90. The standard InChI is InChI=1S/C17H26N2OS/c1-13(2)14(10-20-17(3,4)5)18-11-19-12-21-16-9-7-6-8-15(16)19/h6-9,11,13-14H,10,12H2,1-5H3. The fourth-order valence-corrected chi connectivity index (χ4v) is 3.02. The smallest absolute Gasteiger partial charge is 0.0906 e. The number of para-hydroxylation sites is 1. The van der Waals surface area contributed by atoms with Crippen LogP contribution < -0.4 is 4.90 Å². The van der Waals surface area contributed by atoms with Crippen LogP contribution in [-0.4, -0.2) is 30.5 Å². The summed E-state index contributed by atoms with van der Waals surface area (Å²) in [6.07, 6.45) is 1.98. The predicted molar refractivity (Wildman–Crippen MR) is 92.5 cm³/mol. The molecule has 0 bridgehead atoms. The van der Waals surface area contributed by atoms with Gasteiger partial charge in [0.05, 0.1) is 36.2 Å². The van der Waals surface area contributed by atoms with E-state index in [1.807, 2.05) is 18.1 Å². The van der Waals surface area contributed by atoms with Crippen molar-refractivity contribution in [2.24, 2.45) is 10.9 Å². The minimum Gasteiger partial charge on any atom is -0.374 e. The first-order valence-electron chi connectivity index (χ1n) is 7.52. The lowest BCUT2D eigenvalue weighted by molar-refractivity contribution is -0.0144. The maximum absolute atomic E-state index is 5.90. The van der Waals surface area contributed by atoms with Gasteiger partial charge in [0.2, 0.25) is 0 Å². The van der Waals surface area contributed by atoms with E-state index in [-0.39, 0.29) is 11.6 Å². The summed E-state index contributed by atoms with van der Waals surface area (Å²) in [6, 6.07) is 8.67. The van der Waals surface area contributed by atoms with Crippen LogP contribution in [0, 0.1) is 5.92 Å². The molecule has 4 heteroatoms. The Hall–Kier alpha value is -1.00. The van der Waals surface area contributed by atoms with Crippen LogP contribution >= 0.6 is 11.8 Å². The van der Waals surface area contributed by atoms with Gasteiger partial charge in [-0.1, -0.05) is 26.0 Å². The van der Waals surface area contributed by atoms with Gasteiger partial charge < -0.3 is 9.64 Å². The number of hydrogen-bond acceptors (Lipinski definition) is 3. The second-order valence-electron chi connectivity index (χ2n) is 6.71. The second-order valence-corrected chi connectivity index (χ2v) is 7.70. The minimum atomic E-state index is -0.112. The van der Waals surface area contributed by atoms with E-state index >= 15 is 0 Å². The molecule has 0 N–H and O–H groups in total. The van der Waals surface area contributed by atoms with Crippen molar-refractivity contribution in [1.82, 2.24) is 0 Å². The van der Waals surface area contributed by atoms with Crippen LogP contribution in [0.5, 0.6) is 0 Å². The molecule has 0 aliphatic carbocycles. The van der Waals surface area contributed by atoms with Crippen molar-refractivity contribution in [1.29, 1.82) is 0 Å². The van der Waals surface area contributed by atoms with Crippen LogP contribution in [0.15, 0.2) is 34.2 Å². The first-order chi connectivity index (χ1) is 9.87. The molecule has 0 aromatic heterocycles. The molecular formula is C17H26N2OS. The van der Waals surface area contributed by atoms with Gasteiger partial charge in [0.15, 0.2) is 0 Å². The molecule has 2 rings (SSSR count). The van der Waals surface area contributed by atoms with Crippen molar-refractivity contribution in [2.45, 2.75) is 51.2 Å². The molecule has 1 aliphatic heterocycles. The van der Waals surface area contributed by atoms with E-state index in [0.29, 0.717) is 12.5 Å². The summed E-state index contributed by atoms with van der Waals surface area (Å²) in [6.45, 7) is 11.3. The highest BCUT2D eigenvalue weighted by Gasteiger charge is 2.20. The number of fused-ring (bicyclic) bond motifs is 1. The van der Waals surface area contributed by atoms with Gasteiger partial charge in [-0.2, -0.15) is 0 Å². The van der Waals surface area contributed by atoms with E-state index in [1.54, 1.807) is 0 Å². The SMILES string of the molecule is CC(C)C(COC(C)(C)C)N=CN1CSc2ccccc21. The second kappa shape index (κ2) is 6.84. The lowest BCUT2D eigenvalue weighted by Gasteiger charge is -2.25. The van der Waals surface area contributed by atoms with Crippen LogP contribution in [-0.2, 0) is 4.74 Å². The molecular weight excluding hydrogens is 280 g/mol. The molecule has 21 heavy (non-hydrogen) atoms. The van der Waals surface area contributed by atoms with Crippen molar-refractivity contribution < 1.29 is 4.74 Å². The molecule has 1 heterocycles. The van der Waals surface area contributed by atoms with Gasteiger partial charge in [0.1, 0.15) is 0 Å². The molecule has 0 saturated carbocycles. The van der Waals surface area contributed by atoms with Crippen molar-refractivity contribution in [2.75, 3.05) is 17.4 Å². The van der Waals surface area contributed by atoms with Crippen LogP contribution in [0.2, 0.25) is 0 Å². The number of aliphatic imine (C=N–C) groups is 1. The Kier molecular flexibility index (Phi) is 5.33. The fourth-order valence-electron chi connectivity index (χ4n) is 2.03. The van der Waals surface area contributed by atoms with Gasteiger partial charge in [0, 0.05) is 4.90 Å². The van der Waals surface area contributed by atoms with E-state index in [0.717, 1.165) is 5.88 Å². The first kappa shape index (κ1) is 16.4. The van der Waals surface area contributed by atoms with Gasteiger partial charge in [-0.15, -0.1) is 11.8 Å². The van der Waals surface area contributed by atoms with E-state index in [4.69, 9.17) is 9.73 Å². The Morgan fingerprint density at radius 1 is 1.33 bits per heavy atom. The van der Waals surface area contributed by atoms with Crippen LogP contribution in [0.3, 0.4) is 0 Å². The molecule has 1 aromatic rings. The number of thioether (sulfide) groups is 1. The third-order valence-corrected chi connectivity index (χ3v) is 4.45. The molecule has 1 atom stereocenters. The summed E-state index contributed by atoms with van der Waals surface area (Å²) < 4.78 is 5.90. The summed E-state index contributed by atoms with van der Waals surface area (Å²) in [4.78, 5) is 8.31. The third-order valence-electron chi connectivity index (χ3n) is 3.39. The fraction of sp³-hybridized carbons (Fsp3) is 0.588. The van der Waals surface area contributed by atoms with Crippen molar-refractivity contribution in [3.63, 3.8) is 0 Å². The molecule has 1 aromatic carbocycles. The zero-order valence-electron chi connectivity index (χ0n) is 13.7. The Bertz CT molecular complexity index is 494. The Labute approximate surface area is 132 Å². The van der Waals surface area contributed by atoms with Gasteiger partial charge in [-0.05, 0) is 38.8 Å². The third kappa shape index (κ3) is 4.75. The van der Waals surface area contributed by atoms with Gasteiger partial charge in [-0.25, -0.2) is 0 Å². The highest BCUT2D eigenvalue weighted by Crippen LogP contribution is 2.37. The summed E-state index contributed by atoms with van der Waals surface area (Å²) in [5.74, 6) is 1.41. The average molecular weight is 306 g/mol. The number of nitrogens with zero attached hydrogens (tertiary/aromatic N) is 2. The number of hydrogen-bond donors (Lipinski definition) is 0. The quantitative estimate of drug-likeness (QED) is 0.594. The lowest BCUT2D eigenvalue weighted by Crippen LogP contribution is -2.29. The number of ether oxygens (including phenoxy) is 1. The highest BCUT2D eigenvalue weighted by atomic mass is 32.2. The van der Waals surface area contributed by atoms with Crippen LogP contribution in [0.1, 0.15) is 34.6 Å². The number of anilines is 1. The normalized spacial score (nSPS) is 16.8. The van der Waals surface area contributed by atoms with E-state index in [9.17, 15) is 0 Å². The van der Waals surface area contributed by atoms with Crippen LogP contribution in [0.4, 0.5) is 5.69 Å². The molecule has 116 valence electrons. The van der Waals surface area contributed by atoms with Gasteiger partial charge in [0.25, 0.3) is 0 Å². The summed E-state index contributed by atoms with van der Waals surface area (Å²) in [5, 5.41) is 0. The largest absolute Gasteiger partial charge is 0.374 e. The van der Waals surface area contributed by atoms with Crippen molar-refractivity contribution in [3.8, 4) is 0 Å². The van der Waals surface area contributed by atoms with E-state index in [2.05, 4.69) is 63.8 Å². The van der Waals surface area contributed by atoms with E-state index in [1.165, 1.54) is 10.6 Å². The summed E-state index contributed by atoms with van der Waals surface area (Å²) in [7, 11) is 0. The van der Waals surface area contributed by atoms with Gasteiger partial charge in [-0.3, -0.25) is 4.99 Å². The molecule has 0 fully saturated rings. The first-order valence-corrected chi connectivity index (χ1v) is 8.51. The number of rotatable bonds is 5. The average Bonchev–Trinajstić information content (AvgIpc) is 2.80. The molecule has 3 nitrogen and oxygen atoms in total. The maximum Gasteiger partial charge on any atom is 0.0906 e. The molecule has 1 aliphatic rings. The Morgan fingerprint density at radius 2 is 2.05 bits per heavy atom. The topological polar surface area (TPSA) is 24.8 Å². The summed E-state index contributed by atoms with van der Waals surface area (Å²) >= 11 is 1.86. The van der Waals surface area contributed by atoms with E-state index < -0.39 is 0 Å². The Morgan fingerprint density at radius 3 is 2.71 bits per heavy atom. The van der Waals surface area contributed by atoms with Crippen molar-refractivity contribution in [3.05, 3.63) is 24.3 Å². The lowest BCUT2D eigenvalue weighted by atomic mass is 10.1. The van der Waals surface area contributed by atoms with Gasteiger partial charge >= 0.3 is 0 Å². The summed E-state index contributed by atoms with van der Waals surface area (Å²) in [5.41, 5.74) is 1.14. The molecule has 0 saturated heterocycles. The molecule has 0 amide bonds. The highest BCUT2D eigenvalue weighted by molar-refractivity contribution is 8.00. The minimum absolute atomic E-state index is 0.112. The zero-order chi connectivity index (χ0) is 15.5. The Balaban J connectivity index is 2.01. The van der Waals surface area contributed by atoms with Crippen LogP contribution in [0.25, 0.3) is 0 Å². The molecule has 0 spiro atoms. The zero-order valence-corrected chi connectivity index (χ0v) is 14.5.